The molecule has 2 rings (SSSR count). The Balaban J connectivity index is 2.31. The molecule has 1 aliphatic rings. The van der Waals surface area contributed by atoms with E-state index in [0.717, 1.165) is 36.2 Å². The van der Waals surface area contributed by atoms with Crippen molar-refractivity contribution in [2.75, 3.05) is 7.11 Å². The van der Waals surface area contributed by atoms with Crippen molar-refractivity contribution in [2.24, 2.45) is 0 Å². The molecule has 1 fully saturated rings. The van der Waals surface area contributed by atoms with E-state index in [4.69, 9.17) is 4.74 Å². The molecule has 0 amide bonds. The lowest BCUT2D eigenvalue weighted by molar-refractivity contribution is -0.0730. The van der Waals surface area contributed by atoms with Gasteiger partial charge in [-0.25, -0.2) is 0 Å². The summed E-state index contributed by atoms with van der Waals surface area (Å²) < 4.78 is 7.93. The Bertz CT molecular complexity index is 413. The van der Waals surface area contributed by atoms with Crippen LogP contribution in [0.15, 0.2) is 0 Å². The normalized spacial score (nSPS) is 18.7. The molecular weight excluding hydrogens is 294 g/mol. The molecule has 0 aliphatic heterocycles. The zero-order valence-electron chi connectivity index (χ0n) is 11.7. The minimum Gasteiger partial charge on any atom is -0.378 e. The van der Waals surface area contributed by atoms with Crippen LogP contribution in [0.25, 0.3) is 0 Å². The summed E-state index contributed by atoms with van der Waals surface area (Å²) in [7, 11) is 1.81. The molecular formula is C13H22BrN3O. The zero-order valence-corrected chi connectivity index (χ0v) is 13.2. The highest BCUT2D eigenvalue weighted by Crippen LogP contribution is 2.38. The SMILES string of the molecule is COC1(Cc2nnc(CBr)n2C(C)(C)C)CCC1. The summed E-state index contributed by atoms with van der Waals surface area (Å²) >= 11 is 3.49. The van der Waals surface area contributed by atoms with Gasteiger partial charge < -0.3 is 9.30 Å². The number of aromatic nitrogens is 3. The third kappa shape index (κ3) is 2.48. The third-order valence-electron chi connectivity index (χ3n) is 3.77. The second-order valence-corrected chi connectivity index (χ2v) is 6.65. The average Bonchev–Trinajstić information content (AvgIpc) is 2.65. The smallest absolute Gasteiger partial charge is 0.144 e. The average molecular weight is 316 g/mol. The summed E-state index contributed by atoms with van der Waals surface area (Å²) in [6.07, 6.45) is 4.37. The van der Waals surface area contributed by atoms with Crippen molar-refractivity contribution in [3.8, 4) is 0 Å². The van der Waals surface area contributed by atoms with E-state index in [2.05, 4.69) is 51.5 Å². The number of hydrogen-bond acceptors (Lipinski definition) is 3. The first-order chi connectivity index (χ1) is 8.42. The number of ether oxygens (including phenoxy) is 1. The second kappa shape index (κ2) is 4.93. The molecule has 18 heavy (non-hydrogen) atoms. The van der Waals surface area contributed by atoms with Crippen molar-refractivity contribution in [1.82, 2.24) is 14.8 Å². The fourth-order valence-corrected chi connectivity index (χ4v) is 3.00. The van der Waals surface area contributed by atoms with Crippen LogP contribution in [0, 0.1) is 0 Å². The molecule has 1 aromatic heterocycles. The molecule has 1 saturated carbocycles. The highest BCUT2D eigenvalue weighted by Gasteiger charge is 2.39. The fraction of sp³-hybridized carbons (Fsp3) is 0.846. The summed E-state index contributed by atoms with van der Waals surface area (Å²) in [6, 6.07) is 0. The van der Waals surface area contributed by atoms with Crippen molar-refractivity contribution in [2.45, 2.75) is 62.9 Å². The molecule has 1 aromatic rings. The van der Waals surface area contributed by atoms with Crippen LogP contribution in [-0.4, -0.2) is 27.5 Å². The first kappa shape index (κ1) is 14.0. The zero-order chi connectivity index (χ0) is 13.4. The van der Waals surface area contributed by atoms with Gasteiger partial charge in [0.25, 0.3) is 0 Å². The molecule has 0 saturated heterocycles. The Morgan fingerprint density at radius 2 is 1.89 bits per heavy atom. The van der Waals surface area contributed by atoms with Crippen LogP contribution in [0.5, 0.6) is 0 Å². The summed E-state index contributed by atoms with van der Waals surface area (Å²) in [5.74, 6) is 2.03. The molecule has 1 heterocycles. The van der Waals surface area contributed by atoms with Gasteiger partial charge in [0.05, 0.1) is 10.9 Å². The minimum absolute atomic E-state index is 0.000381. The molecule has 0 spiro atoms. The summed E-state index contributed by atoms with van der Waals surface area (Å²) in [5, 5.41) is 9.39. The molecule has 102 valence electrons. The molecule has 0 atom stereocenters. The number of rotatable bonds is 4. The van der Waals surface area contributed by atoms with Crippen LogP contribution in [0.4, 0.5) is 0 Å². The van der Waals surface area contributed by atoms with Crippen LogP contribution in [0.2, 0.25) is 0 Å². The van der Waals surface area contributed by atoms with Gasteiger partial charge in [-0.05, 0) is 40.0 Å². The maximum Gasteiger partial charge on any atom is 0.144 e. The van der Waals surface area contributed by atoms with E-state index >= 15 is 0 Å². The number of methoxy groups -OCH3 is 1. The first-order valence-corrected chi connectivity index (χ1v) is 7.59. The van der Waals surface area contributed by atoms with Crippen LogP contribution < -0.4 is 0 Å². The number of alkyl halides is 1. The Kier molecular flexibility index (Phi) is 3.83. The highest BCUT2D eigenvalue weighted by molar-refractivity contribution is 9.08. The molecule has 0 unspecified atom stereocenters. The molecule has 4 nitrogen and oxygen atoms in total. The van der Waals surface area contributed by atoms with Crippen LogP contribution in [-0.2, 0) is 22.0 Å². The Morgan fingerprint density at radius 1 is 1.28 bits per heavy atom. The van der Waals surface area contributed by atoms with Gasteiger partial charge in [0.2, 0.25) is 0 Å². The standard InChI is InChI=1S/C13H22BrN3O/c1-12(2,3)17-10(15-16-11(17)9-14)8-13(18-4)6-5-7-13/h5-9H2,1-4H3. The van der Waals surface area contributed by atoms with Crippen molar-refractivity contribution in [3.63, 3.8) is 0 Å². The van der Waals surface area contributed by atoms with Crippen molar-refractivity contribution in [3.05, 3.63) is 11.6 Å². The predicted molar refractivity (Wildman–Crippen MR) is 74.9 cm³/mol. The maximum absolute atomic E-state index is 5.70. The van der Waals surface area contributed by atoms with E-state index in [1.54, 1.807) is 0 Å². The number of nitrogens with zero attached hydrogens (tertiary/aromatic N) is 3. The van der Waals surface area contributed by atoms with Gasteiger partial charge in [-0.1, -0.05) is 15.9 Å². The van der Waals surface area contributed by atoms with Crippen molar-refractivity contribution in [1.29, 1.82) is 0 Å². The lowest BCUT2D eigenvalue weighted by atomic mass is 9.77. The molecule has 0 N–H and O–H groups in total. The molecule has 0 radical (unpaired) electrons. The Morgan fingerprint density at radius 3 is 2.28 bits per heavy atom. The van der Waals surface area contributed by atoms with E-state index in [-0.39, 0.29) is 11.1 Å². The minimum atomic E-state index is -0.000381. The van der Waals surface area contributed by atoms with Gasteiger partial charge in [0, 0.05) is 19.1 Å². The number of halogens is 1. The monoisotopic (exact) mass is 315 g/mol. The summed E-state index contributed by atoms with van der Waals surface area (Å²) in [6.45, 7) is 6.56. The second-order valence-electron chi connectivity index (χ2n) is 6.09. The van der Waals surface area contributed by atoms with Crippen LogP contribution in [0.1, 0.15) is 51.7 Å². The van der Waals surface area contributed by atoms with Crippen molar-refractivity contribution < 1.29 is 4.74 Å². The predicted octanol–water partition coefficient (Wildman–Crippen LogP) is 3.04. The fourth-order valence-electron chi connectivity index (χ4n) is 2.64. The van der Waals surface area contributed by atoms with Crippen LogP contribution >= 0.6 is 15.9 Å². The summed E-state index contributed by atoms with van der Waals surface area (Å²) in [5.41, 5.74) is 0.000230. The maximum atomic E-state index is 5.70. The third-order valence-corrected chi connectivity index (χ3v) is 4.27. The van der Waals surface area contributed by atoms with E-state index in [1.807, 2.05) is 7.11 Å². The van der Waals surface area contributed by atoms with Gasteiger partial charge in [-0.3, -0.25) is 0 Å². The van der Waals surface area contributed by atoms with Gasteiger partial charge in [-0.2, -0.15) is 0 Å². The van der Waals surface area contributed by atoms with E-state index < -0.39 is 0 Å². The van der Waals surface area contributed by atoms with Crippen LogP contribution in [0.3, 0.4) is 0 Å². The van der Waals surface area contributed by atoms with E-state index in [1.165, 1.54) is 6.42 Å². The van der Waals surface area contributed by atoms with Gasteiger partial charge in [0.15, 0.2) is 0 Å². The first-order valence-electron chi connectivity index (χ1n) is 6.47. The largest absolute Gasteiger partial charge is 0.378 e. The van der Waals surface area contributed by atoms with Crippen molar-refractivity contribution >= 4 is 15.9 Å². The summed E-state index contributed by atoms with van der Waals surface area (Å²) in [4.78, 5) is 0. The van der Waals surface area contributed by atoms with Gasteiger partial charge in [0.1, 0.15) is 11.6 Å². The Hall–Kier alpha value is -0.420. The lowest BCUT2D eigenvalue weighted by Crippen LogP contribution is -2.43. The van der Waals surface area contributed by atoms with E-state index in [9.17, 15) is 0 Å². The Labute approximate surface area is 117 Å². The molecule has 1 aliphatic carbocycles. The highest BCUT2D eigenvalue weighted by atomic mass is 79.9. The lowest BCUT2D eigenvalue weighted by Gasteiger charge is -2.40. The molecule has 0 aromatic carbocycles. The van der Waals surface area contributed by atoms with E-state index in [0.29, 0.717) is 0 Å². The molecule has 0 bridgehead atoms. The topological polar surface area (TPSA) is 39.9 Å². The molecule has 5 heteroatoms. The van der Waals surface area contributed by atoms with Gasteiger partial charge in [-0.15, -0.1) is 10.2 Å². The van der Waals surface area contributed by atoms with Gasteiger partial charge >= 0.3 is 0 Å². The number of hydrogen-bond donors (Lipinski definition) is 0. The quantitative estimate of drug-likeness (QED) is 0.802.